The Morgan fingerprint density at radius 1 is 1.24 bits per heavy atom. The molecule has 0 radical (unpaired) electrons. The van der Waals surface area contributed by atoms with E-state index in [4.69, 9.17) is 10.8 Å². The second-order valence-electron chi connectivity index (χ2n) is 4.85. The van der Waals surface area contributed by atoms with E-state index in [0.29, 0.717) is 0 Å². The van der Waals surface area contributed by atoms with Gasteiger partial charge in [0.2, 0.25) is 5.91 Å². The maximum atomic E-state index is 10.9. The number of nitrogens with two attached hydrogens (primary N) is 1. The first-order valence-corrected chi connectivity index (χ1v) is 6.27. The lowest BCUT2D eigenvalue weighted by Crippen LogP contribution is -2.45. The highest BCUT2D eigenvalue weighted by Crippen LogP contribution is 2.29. The van der Waals surface area contributed by atoms with E-state index in [0.717, 1.165) is 31.6 Å². The largest absolute Gasteiger partial charge is 0.480 e. The Balaban J connectivity index is 2.52. The number of primary amides is 1. The molecule has 0 bridgehead atoms. The molecule has 0 aromatic rings. The Kier molecular flexibility index (Phi) is 5.41. The summed E-state index contributed by atoms with van der Waals surface area (Å²) in [6, 6.07) is 0.196. The highest BCUT2D eigenvalue weighted by molar-refractivity contribution is 5.77. The zero-order valence-electron chi connectivity index (χ0n) is 10.4. The van der Waals surface area contributed by atoms with Crippen molar-refractivity contribution in [3.8, 4) is 0 Å². The number of carboxylic acids is 1. The number of carboxylic acid groups (broad SMARTS) is 1. The van der Waals surface area contributed by atoms with Gasteiger partial charge in [0.15, 0.2) is 0 Å². The van der Waals surface area contributed by atoms with Gasteiger partial charge in [-0.25, -0.2) is 0 Å². The minimum atomic E-state index is -0.899. The van der Waals surface area contributed by atoms with Crippen LogP contribution in [0.2, 0.25) is 0 Å². The summed E-state index contributed by atoms with van der Waals surface area (Å²) < 4.78 is 0. The van der Waals surface area contributed by atoms with Gasteiger partial charge in [-0.1, -0.05) is 13.3 Å². The molecule has 0 aromatic carbocycles. The fourth-order valence-corrected chi connectivity index (χ4v) is 2.61. The monoisotopic (exact) mass is 242 g/mol. The summed E-state index contributed by atoms with van der Waals surface area (Å²) in [6.45, 7) is 2.14. The lowest BCUT2D eigenvalue weighted by atomic mass is 9.84. The van der Waals surface area contributed by atoms with Crippen LogP contribution < -0.4 is 5.73 Å². The Hall–Kier alpha value is -1.10. The minimum absolute atomic E-state index is 0.0494. The number of nitrogens with zero attached hydrogens (tertiary/aromatic N) is 1. The molecule has 0 aromatic heterocycles. The number of aliphatic carboxylic acids is 1. The van der Waals surface area contributed by atoms with E-state index in [1.807, 2.05) is 0 Å². The van der Waals surface area contributed by atoms with Gasteiger partial charge in [-0.3, -0.25) is 14.5 Å². The van der Waals surface area contributed by atoms with Crippen molar-refractivity contribution >= 4 is 11.9 Å². The molecule has 0 aliphatic heterocycles. The third-order valence-electron chi connectivity index (χ3n) is 3.61. The molecule has 98 valence electrons. The second kappa shape index (κ2) is 6.59. The van der Waals surface area contributed by atoms with Crippen molar-refractivity contribution in [3.63, 3.8) is 0 Å². The molecule has 0 atom stereocenters. The third kappa shape index (κ3) is 4.73. The molecule has 1 rings (SSSR count). The molecule has 17 heavy (non-hydrogen) atoms. The smallest absolute Gasteiger partial charge is 0.317 e. The van der Waals surface area contributed by atoms with Crippen LogP contribution in [0.1, 0.15) is 39.0 Å². The summed E-state index contributed by atoms with van der Waals surface area (Å²) in [5.74, 6) is -0.598. The molecule has 0 saturated heterocycles. The van der Waals surface area contributed by atoms with E-state index in [-0.39, 0.29) is 19.1 Å². The highest BCUT2D eigenvalue weighted by atomic mass is 16.4. The van der Waals surface area contributed by atoms with Crippen molar-refractivity contribution in [2.45, 2.75) is 45.1 Å². The van der Waals surface area contributed by atoms with Gasteiger partial charge in [0.25, 0.3) is 0 Å². The molecule has 5 heteroatoms. The molecule has 0 unspecified atom stereocenters. The van der Waals surface area contributed by atoms with Gasteiger partial charge in [-0.15, -0.1) is 0 Å². The molecule has 1 aliphatic rings. The zero-order valence-corrected chi connectivity index (χ0v) is 10.4. The predicted molar refractivity (Wildman–Crippen MR) is 64.4 cm³/mol. The summed E-state index contributed by atoms with van der Waals surface area (Å²) in [5.41, 5.74) is 5.16. The van der Waals surface area contributed by atoms with Crippen molar-refractivity contribution in [1.82, 2.24) is 4.90 Å². The standard InChI is InChI=1S/C12H22N2O3/c1-2-9-3-5-10(6-4-9)14(7-11(13)15)8-12(16)17/h9-10H,2-8H2,1H3,(H2,13,15)(H,16,17). The van der Waals surface area contributed by atoms with Crippen molar-refractivity contribution in [2.24, 2.45) is 11.7 Å². The van der Waals surface area contributed by atoms with E-state index in [1.54, 1.807) is 4.90 Å². The van der Waals surface area contributed by atoms with E-state index in [1.165, 1.54) is 6.42 Å². The first-order chi connectivity index (χ1) is 8.02. The average Bonchev–Trinajstić information content (AvgIpc) is 2.27. The van der Waals surface area contributed by atoms with Crippen LogP contribution in [0.3, 0.4) is 0 Å². The Morgan fingerprint density at radius 2 is 1.82 bits per heavy atom. The van der Waals surface area contributed by atoms with E-state index in [9.17, 15) is 9.59 Å². The molecule has 3 N–H and O–H groups in total. The Bertz CT molecular complexity index is 257. The van der Waals surface area contributed by atoms with Crippen LogP contribution >= 0.6 is 0 Å². The van der Waals surface area contributed by atoms with Crippen molar-refractivity contribution in [2.75, 3.05) is 13.1 Å². The fraction of sp³-hybridized carbons (Fsp3) is 0.833. The van der Waals surface area contributed by atoms with Crippen LogP contribution in [0, 0.1) is 5.92 Å². The minimum Gasteiger partial charge on any atom is -0.480 e. The summed E-state index contributed by atoms with van der Waals surface area (Å²) in [7, 11) is 0. The number of rotatable bonds is 6. The summed E-state index contributed by atoms with van der Waals surface area (Å²) >= 11 is 0. The van der Waals surface area contributed by atoms with E-state index in [2.05, 4.69) is 6.92 Å². The molecular formula is C12H22N2O3. The highest BCUT2D eigenvalue weighted by Gasteiger charge is 2.27. The van der Waals surface area contributed by atoms with E-state index < -0.39 is 11.9 Å². The SMILES string of the molecule is CCC1CCC(N(CC(N)=O)CC(=O)O)CC1. The van der Waals surface area contributed by atoms with Gasteiger partial charge in [-0.2, -0.15) is 0 Å². The van der Waals surface area contributed by atoms with Crippen LogP contribution in [0.5, 0.6) is 0 Å². The van der Waals surface area contributed by atoms with Gasteiger partial charge >= 0.3 is 5.97 Å². The van der Waals surface area contributed by atoms with Crippen molar-refractivity contribution in [1.29, 1.82) is 0 Å². The van der Waals surface area contributed by atoms with E-state index >= 15 is 0 Å². The number of amides is 1. The first kappa shape index (κ1) is 14.0. The number of hydrogen-bond donors (Lipinski definition) is 2. The topological polar surface area (TPSA) is 83.6 Å². The summed E-state index contributed by atoms with van der Waals surface area (Å²) in [6.07, 6.45) is 5.37. The molecule has 1 aliphatic carbocycles. The second-order valence-corrected chi connectivity index (χ2v) is 4.85. The normalized spacial score (nSPS) is 24.8. The van der Waals surface area contributed by atoms with Gasteiger partial charge in [0.1, 0.15) is 0 Å². The van der Waals surface area contributed by atoms with Gasteiger partial charge in [0.05, 0.1) is 13.1 Å². The van der Waals surface area contributed by atoms with Crippen molar-refractivity contribution < 1.29 is 14.7 Å². The Labute approximate surface area is 102 Å². The lowest BCUT2D eigenvalue weighted by molar-refractivity contribution is -0.139. The van der Waals surface area contributed by atoms with Crippen LogP contribution in [0.25, 0.3) is 0 Å². The molecule has 0 spiro atoms. The Morgan fingerprint density at radius 3 is 2.24 bits per heavy atom. The van der Waals surface area contributed by atoms with Gasteiger partial charge < -0.3 is 10.8 Å². The lowest BCUT2D eigenvalue weighted by Gasteiger charge is -2.35. The molecule has 0 heterocycles. The van der Waals surface area contributed by atoms with Crippen molar-refractivity contribution in [3.05, 3.63) is 0 Å². The van der Waals surface area contributed by atoms with Gasteiger partial charge in [-0.05, 0) is 31.6 Å². The molecule has 1 saturated carbocycles. The van der Waals surface area contributed by atoms with Crippen LogP contribution in [-0.2, 0) is 9.59 Å². The average molecular weight is 242 g/mol. The molecule has 1 amide bonds. The first-order valence-electron chi connectivity index (χ1n) is 6.27. The number of hydrogen-bond acceptors (Lipinski definition) is 3. The van der Waals surface area contributed by atoms with Crippen LogP contribution in [0.15, 0.2) is 0 Å². The molecular weight excluding hydrogens is 220 g/mol. The number of carbonyl (C=O) groups excluding carboxylic acids is 1. The molecule has 5 nitrogen and oxygen atoms in total. The summed E-state index contributed by atoms with van der Waals surface area (Å²) in [5, 5.41) is 8.83. The zero-order chi connectivity index (χ0) is 12.8. The van der Waals surface area contributed by atoms with Gasteiger partial charge in [0, 0.05) is 6.04 Å². The third-order valence-corrected chi connectivity index (χ3v) is 3.61. The summed E-state index contributed by atoms with van der Waals surface area (Å²) in [4.78, 5) is 23.4. The maximum absolute atomic E-state index is 10.9. The number of carbonyl (C=O) groups is 2. The predicted octanol–water partition coefficient (Wildman–Crippen LogP) is 0.827. The van der Waals surface area contributed by atoms with Crippen LogP contribution in [-0.4, -0.2) is 41.0 Å². The molecule has 1 fully saturated rings. The maximum Gasteiger partial charge on any atom is 0.317 e. The van der Waals surface area contributed by atoms with Crippen LogP contribution in [0.4, 0.5) is 0 Å². The quantitative estimate of drug-likeness (QED) is 0.722. The fourth-order valence-electron chi connectivity index (χ4n) is 2.61.